The van der Waals surface area contributed by atoms with Crippen LogP contribution < -0.4 is 5.73 Å². The number of nitrogen functional groups attached to an aromatic ring is 1. The number of halogens is 1. The van der Waals surface area contributed by atoms with Crippen LogP contribution in [0.3, 0.4) is 0 Å². The number of benzene rings is 1. The zero-order valence-corrected chi connectivity index (χ0v) is 10.1. The van der Waals surface area contributed by atoms with Crippen LogP contribution in [0.25, 0.3) is 0 Å². The number of nitrogens with two attached hydrogens (primary N) is 1. The predicted octanol–water partition coefficient (Wildman–Crippen LogP) is 3.07. The van der Waals surface area contributed by atoms with Crippen LogP contribution in [0.4, 0.5) is 5.69 Å². The van der Waals surface area contributed by atoms with Gasteiger partial charge in [-0.3, -0.25) is 0 Å². The maximum atomic E-state index is 5.68. The van der Waals surface area contributed by atoms with Gasteiger partial charge in [0.25, 0.3) is 0 Å². The second-order valence-corrected chi connectivity index (χ2v) is 5.50. The number of aromatic nitrogens is 2. The second kappa shape index (κ2) is 4.83. The van der Waals surface area contributed by atoms with E-state index in [2.05, 4.69) is 10.2 Å². The van der Waals surface area contributed by atoms with E-state index in [1.165, 1.54) is 11.3 Å². The van der Waals surface area contributed by atoms with E-state index in [1.807, 2.05) is 24.3 Å². The van der Waals surface area contributed by atoms with Crippen molar-refractivity contribution in [1.82, 2.24) is 10.2 Å². The Hall–Kier alpha value is -0.780. The van der Waals surface area contributed by atoms with Crippen LogP contribution in [-0.4, -0.2) is 10.2 Å². The molecule has 0 fully saturated rings. The standard InChI is InChI=1S/C9H8ClN3S2/c10-9-13-12-8(15-9)5-14-7-3-1-6(11)2-4-7/h1-4H,5,11H2. The summed E-state index contributed by atoms with van der Waals surface area (Å²) in [6.07, 6.45) is 0. The minimum Gasteiger partial charge on any atom is -0.399 e. The van der Waals surface area contributed by atoms with Gasteiger partial charge >= 0.3 is 0 Å². The molecule has 0 saturated carbocycles. The lowest BCUT2D eigenvalue weighted by atomic mass is 10.3. The average Bonchev–Trinajstić information content (AvgIpc) is 2.64. The normalized spacial score (nSPS) is 10.5. The van der Waals surface area contributed by atoms with E-state index in [0.29, 0.717) is 4.47 Å². The van der Waals surface area contributed by atoms with E-state index >= 15 is 0 Å². The Kier molecular flexibility index (Phi) is 3.45. The highest BCUT2D eigenvalue weighted by Crippen LogP contribution is 2.26. The molecule has 1 aromatic carbocycles. The van der Waals surface area contributed by atoms with Crippen molar-refractivity contribution < 1.29 is 0 Å². The zero-order valence-electron chi connectivity index (χ0n) is 7.68. The summed E-state index contributed by atoms with van der Waals surface area (Å²) in [4.78, 5) is 1.16. The van der Waals surface area contributed by atoms with Crippen molar-refractivity contribution in [3.63, 3.8) is 0 Å². The highest BCUT2D eigenvalue weighted by atomic mass is 35.5. The first-order valence-corrected chi connectivity index (χ1v) is 6.38. The van der Waals surface area contributed by atoms with Gasteiger partial charge in [0.2, 0.25) is 4.47 Å². The molecule has 15 heavy (non-hydrogen) atoms. The lowest BCUT2D eigenvalue weighted by Gasteiger charge is -1.98. The van der Waals surface area contributed by atoms with Gasteiger partial charge in [-0.15, -0.1) is 22.0 Å². The summed E-state index contributed by atoms with van der Waals surface area (Å²) in [5.41, 5.74) is 6.37. The smallest absolute Gasteiger partial charge is 0.207 e. The summed E-state index contributed by atoms with van der Waals surface area (Å²) < 4.78 is 0.489. The average molecular weight is 258 g/mol. The Balaban J connectivity index is 1.96. The van der Waals surface area contributed by atoms with E-state index in [1.54, 1.807) is 11.8 Å². The topological polar surface area (TPSA) is 51.8 Å². The van der Waals surface area contributed by atoms with Crippen molar-refractivity contribution in [3.05, 3.63) is 33.7 Å². The number of thioether (sulfide) groups is 1. The maximum Gasteiger partial charge on any atom is 0.207 e. The highest BCUT2D eigenvalue weighted by molar-refractivity contribution is 7.98. The lowest BCUT2D eigenvalue weighted by Crippen LogP contribution is -1.83. The molecule has 1 heterocycles. The fourth-order valence-electron chi connectivity index (χ4n) is 1.00. The molecule has 78 valence electrons. The van der Waals surface area contributed by atoms with Gasteiger partial charge in [-0.2, -0.15) is 0 Å². The maximum absolute atomic E-state index is 5.68. The lowest BCUT2D eigenvalue weighted by molar-refractivity contribution is 1.04. The van der Waals surface area contributed by atoms with E-state index in [-0.39, 0.29) is 0 Å². The summed E-state index contributed by atoms with van der Waals surface area (Å²) >= 11 is 8.78. The van der Waals surface area contributed by atoms with Crippen LogP contribution in [0.1, 0.15) is 5.01 Å². The van der Waals surface area contributed by atoms with E-state index < -0.39 is 0 Å². The Morgan fingerprint density at radius 2 is 2.00 bits per heavy atom. The molecule has 0 atom stereocenters. The van der Waals surface area contributed by atoms with Gasteiger partial charge in [-0.05, 0) is 35.9 Å². The minimum atomic E-state index is 0.489. The highest BCUT2D eigenvalue weighted by Gasteiger charge is 2.02. The van der Waals surface area contributed by atoms with Gasteiger partial charge in [0.15, 0.2) is 0 Å². The second-order valence-electron chi connectivity index (χ2n) is 2.81. The molecule has 2 rings (SSSR count). The number of hydrogen-bond acceptors (Lipinski definition) is 5. The van der Waals surface area contributed by atoms with Crippen molar-refractivity contribution in [2.24, 2.45) is 0 Å². The molecular weight excluding hydrogens is 250 g/mol. The van der Waals surface area contributed by atoms with Crippen LogP contribution in [0.5, 0.6) is 0 Å². The Morgan fingerprint density at radius 3 is 2.60 bits per heavy atom. The molecule has 0 amide bonds. The van der Waals surface area contributed by atoms with Crippen LogP contribution in [0, 0.1) is 0 Å². The quantitative estimate of drug-likeness (QED) is 0.678. The summed E-state index contributed by atoms with van der Waals surface area (Å²) in [5.74, 6) is 0.786. The first-order valence-electron chi connectivity index (χ1n) is 4.20. The molecule has 0 radical (unpaired) electrons. The molecule has 2 N–H and O–H groups in total. The van der Waals surface area contributed by atoms with Crippen molar-refractivity contribution in [2.75, 3.05) is 5.73 Å². The molecular formula is C9H8ClN3S2. The molecule has 6 heteroatoms. The van der Waals surface area contributed by atoms with Crippen LogP contribution in [-0.2, 0) is 5.75 Å². The minimum absolute atomic E-state index is 0.489. The number of rotatable bonds is 3. The van der Waals surface area contributed by atoms with Crippen LogP contribution in [0.15, 0.2) is 29.2 Å². The van der Waals surface area contributed by atoms with Gasteiger partial charge in [0, 0.05) is 10.6 Å². The van der Waals surface area contributed by atoms with Crippen molar-refractivity contribution in [3.8, 4) is 0 Å². The van der Waals surface area contributed by atoms with Crippen molar-refractivity contribution in [1.29, 1.82) is 0 Å². The van der Waals surface area contributed by atoms with E-state index in [0.717, 1.165) is 21.3 Å². The van der Waals surface area contributed by atoms with Crippen LogP contribution >= 0.6 is 34.7 Å². The fraction of sp³-hybridized carbons (Fsp3) is 0.111. The summed E-state index contributed by atoms with van der Waals surface area (Å²) in [5, 5.41) is 8.62. The molecule has 0 unspecified atom stereocenters. The Labute approximate surface area is 101 Å². The zero-order chi connectivity index (χ0) is 10.7. The fourth-order valence-corrected chi connectivity index (χ4v) is 2.75. The number of anilines is 1. The largest absolute Gasteiger partial charge is 0.399 e. The van der Waals surface area contributed by atoms with Crippen molar-refractivity contribution >= 4 is 40.4 Å². The molecule has 0 saturated heterocycles. The molecule has 1 aromatic heterocycles. The van der Waals surface area contributed by atoms with Gasteiger partial charge in [0.1, 0.15) is 5.01 Å². The molecule has 0 aliphatic carbocycles. The number of nitrogens with zero attached hydrogens (tertiary/aromatic N) is 2. The predicted molar refractivity (Wildman–Crippen MR) is 65.3 cm³/mol. The molecule has 0 aliphatic rings. The monoisotopic (exact) mass is 257 g/mol. The Bertz CT molecular complexity index is 441. The van der Waals surface area contributed by atoms with Crippen LogP contribution in [0.2, 0.25) is 4.47 Å². The molecule has 0 aliphatic heterocycles. The van der Waals surface area contributed by atoms with Gasteiger partial charge < -0.3 is 5.73 Å². The third-order valence-corrected chi connectivity index (χ3v) is 3.91. The van der Waals surface area contributed by atoms with Gasteiger partial charge in [-0.25, -0.2) is 0 Å². The summed E-state index contributed by atoms with van der Waals surface area (Å²) in [6, 6.07) is 7.75. The molecule has 0 spiro atoms. The molecule has 3 nitrogen and oxygen atoms in total. The van der Waals surface area contributed by atoms with E-state index in [4.69, 9.17) is 17.3 Å². The van der Waals surface area contributed by atoms with E-state index in [9.17, 15) is 0 Å². The molecule has 0 bridgehead atoms. The summed E-state index contributed by atoms with van der Waals surface area (Å²) in [6.45, 7) is 0. The third-order valence-electron chi connectivity index (χ3n) is 1.68. The SMILES string of the molecule is Nc1ccc(SCc2nnc(Cl)s2)cc1. The first kappa shape index (κ1) is 10.7. The van der Waals surface area contributed by atoms with Crippen molar-refractivity contribution in [2.45, 2.75) is 10.6 Å². The Morgan fingerprint density at radius 1 is 1.27 bits per heavy atom. The summed E-state index contributed by atoms with van der Waals surface area (Å²) in [7, 11) is 0. The van der Waals surface area contributed by atoms with Gasteiger partial charge in [0.05, 0.1) is 5.75 Å². The third kappa shape index (κ3) is 3.09. The van der Waals surface area contributed by atoms with Gasteiger partial charge in [-0.1, -0.05) is 11.3 Å². The number of hydrogen-bond donors (Lipinski definition) is 1. The molecule has 2 aromatic rings. The first-order chi connectivity index (χ1) is 7.24.